The molecule has 0 atom stereocenters. The number of carboxylic acids is 1. The molecule has 2 N–H and O–H groups in total. The molecule has 2 rings (SSSR count). The van der Waals surface area contributed by atoms with Crippen molar-refractivity contribution in [1.82, 2.24) is 5.32 Å². The van der Waals surface area contributed by atoms with Crippen molar-refractivity contribution in [1.29, 1.82) is 0 Å². The quantitative estimate of drug-likeness (QED) is 0.736. The molecule has 0 saturated carbocycles. The monoisotopic (exact) mass is 304 g/mol. The van der Waals surface area contributed by atoms with Crippen LogP contribution in [0.4, 0.5) is 5.69 Å². The number of aromatic carboxylic acids is 1. The maximum absolute atomic E-state index is 10.8. The zero-order valence-electron chi connectivity index (χ0n) is 12.1. The van der Waals surface area contributed by atoms with Crippen LogP contribution in [0, 0.1) is 0 Å². The molecule has 5 heteroatoms. The Labute approximate surface area is 129 Å². The Morgan fingerprint density at radius 2 is 2.10 bits per heavy atom. The summed E-state index contributed by atoms with van der Waals surface area (Å²) < 4.78 is 0. The minimum atomic E-state index is -0.859. The van der Waals surface area contributed by atoms with Crippen molar-refractivity contribution in [3.8, 4) is 0 Å². The SMILES string of the molecule is CN(CCCNCc1cc(C(=O)O)cs1)c1ccccc1. The number of hydrogen-bond acceptors (Lipinski definition) is 4. The molecule has 112 valence electrons. The topological polar surface area (TPSA) is 52.6 Å². The number of carbonyl (C=O) groups is 1. The van der Waals surface area contributed by atoms with Crippen LogP contribution in [0.1, 0.15) is 21.7 Å². The van der Waals surface area contributed by atoms with Crippen molar-refractivity contribution in [2.24, 2.45) is 0 Å². The molecule has 1 aromatic heterocycles. The number of para-hydroxylation sites is 1. The van der Waals surface area contributed by atoms with Gasteiger partial charge in [0, 0.05) is 36.1 Å². The lowest BCUT2D eigenvalue weighted by Gasteiger charge is -2.19. The zero-order chi connectivity index (χ0) is 15.1. The summed E-state index contributed by atoms with van der Waals surface area (Å²) in [5.74, 6) is -0.859. The molecule has 0 aliphatic rings. The van der Waals surface area contributed by atoms with Crippen LogP contribution in [-0.2, 0) is 6.54 Å². The van der Waals surface area contributed by atoms with Gasteiger partial charge in [0.05, 0.1) is 5.56 Å². The fraction of sp³-hybridized carbons (Fsp3) is 0.312. The smallest absolute Gasteiger partial charge is 0.336 e. The summed E-state index contributed by atoms with van der Waals surface area (Å²) in [6, 6.07) is 12.0. The van der Waals surface area contributed by atoms with Gasteiger partial charge in [-0.3, -0.25) is 0 Å². The maximum Gasteiger partial charge on any atom is 0.336 e. The van der Waals surface area contributed by atoms with Gasteiger partial charge in [-0.15, -0.1) is 11.3 Å². The Morgan fingerprint density at radius 3 is 2.76 bits per heavy atom. The van der Waals surface area contributed by atoms with Gasteiger partial charge in [-0.25, -0.2) is 4.79 Å². The summed E-state index contributed by atoms with van der Waals surface area (Å²) in [6.07, 6.45) is 1.04. The van der Waals surface area contributed by atoms with Gasteiger partial charge < -0.3 is 15.3 Å². The molecule has 0 unspecified atom stereocenters. The van der Waals surface area contributed by atoms with Crippen LogP contribution in [0.2, 0.25) is 0 Å². The number of anilines is 1. The molecular weight excluding hydrogens is 284 g/mol. The highest BCUT2D eigenvalue weighted by Crippen LogP contribution is 2.14. The number of benzene rings is 1. The molecule has 1 aromatic carbocycles. The minimum absolute atomic E-state index is 0.376. The number of thiophene rings is 1. The Morgan fingerprint density at radius 1 is 1.33 bits per heavy atom. The van der Waals surface area contributed by atoms with Crippen molar-refractivity contribution >= 4 is 23.0 Å². The van der Waals surface area contributed by atoms with Gasteiger partial charge >= 0.3 is 5.97 Å². The Kier molecular flexibility index (Phi) is 5.78. The second-order valence-electron chi connectivity index (χ2n) is 4.89. The van der Waals surface area contributed by atoms with Crippen molar-refractivity contribution in [2.75, 3.05) is 25.0 Å². The van der Waals surface area contributed by atoms with Crippen molar-refractivity contribution in [3.05, 3.63) is 52.2 Å². The summed E-state index contributed by atoms with van der Waals surface area (Å²) in [5.41, 5.74) is 1.60. The Bertz CT molecular complexity index is 569. The van der Waals surface area contributed by atoms with Crippen LogP contribution in [0.15, 0.2) is 41.8 Å². The van der Waals surface area contributed by atoms with E-state index in [-0.39, 0.29) is 0 Å². The van der Waals surface area contributed by atoms with Gasteiger partial charge in [-0.2, -0.15) is 0 Å². The maximum atomic E-state index is 10.8. The van der Waals surface area contributed by atoms with Gasteiger partial charge in [-0.05, 0) is 31.2 Å². The largest absolute Gasteiger partial charge is 0.478 e. The van der Waals surface area contributed by atoms with E-state index in [4.69, 9.17) is 5.11 Å². The molecule has 2 aromatic rings. The predicted molar refractivity (Wildman–Crippen MR) is 87.3 cm³/mol. The van der Waals surface area contributed by atoms with Crippen molar-refractivity contribution in [2.45, 2.75) is 13.0 Å². The van der Waals surface area contributed by atoms with E-state index in [0.717, 1.165) is 30.9 Å². The fourth-order valence-corrected chi connectivity index (χ4v) is 2.88. The fourth-order valence-electron chi connectivity index (χ4n) is 2.05. The van der Waals surface area contributed by atoms with Gasteiger partial charge in [-0.1, -0.05) is 18.2 Å². The molecule has 0 amide bonds. The van der Waals surface area contributed by atoms with E-state index in [0.29, 0.717) is 5.56 Å². The van der Waals surface area contributed by atoms with Crippen LogP contribution < -0.4 is 10.2 Å². The number of nitrogens with one attached hydrogen (secondary N) is 1. The highest BCUT2D eigenvalue weighted by Gasteiger charge is 2.06. The molecule has 0 spiro atoms. The molecule has 21 heavy (non-hydrogen) atoms. The van der Waals surface area contributed by atoms with Crippen molar-refractivity contribution in [3.63, 3.8) is 0 Å². The number of rotatable bonds is 8. The molecule has 0 fully saturated rings. The van der Waals surface area contributed by atoms with Crippen LogP contribution >= 0.6 is 11.3 Å². The average molecular weight is 304 g/mol. The molecule has 1 heterocycles. The molecule has 4 nitrogen and oxygen atoms in total. The van der Waals surface area contributed by atoms with Crippen LogP contribution in [0.3, 0.4) is 0 Å². The summed E-state index contributed by atoms with van der Waals surface area (Å²) in [6.45, 7) is 2.63. The second-order valence-corrected chi connectivity index (χ2v) is 5.89. The van der Waals surface area contributed by atoms with Gasteiger partial charge in [0.2, 0.25) is 0 Å². The first-order chi connectivity index (χ1) is 10.2. The zero-order valence-corrected chi connectivity index (χ0v) is 12.9. The van der Waals surface area contributed by atoms with Crippen LogP contribution in [0.25, 0.3) is 0 Å². The van der Waals surface area contributed by atoms with Crippen molar-refractivity contribution < 1.29 is 9.90 Å². The summed E-state index contributed by atoms with van der Waals surface area (Å²) in [4.78, 5) is 14.1. The third-order valence-corrected chi connectivity index (χ3v) is 4.18. The van der Waals surface area contributed by atoms with E-state index in [1.54, 1.807) is 11.4 Å². The van der Waals surface area contributed by atoms with E-state index in [1.807, 2.05) is 18.2 Å². The standard InChI is InChI=1S/C16H20N2O2S/c1-18(14-6-3-2-4-7-14)9-5-8-17-11-15-10-13(12-21-15)16(19)20/h2-4,6-7,10,12,17H,5,8-9,11H2,1H3,(H,19,20). The Hall–Kier alpha value is -1.85. The highest BCUT2D eigenvalue weighted by molar-refractivity contribution is 7.10. The first kappa shape index (κ1) is 15.5. The minimum Gasteiger partial charge on any atom is -0.478 e. The molecule has 0 radical (unpaired) electrons. The molecule has 0 aliphatic heterocycles. The first-order valence-corrected chi connectivity index (χ1v) is 7.82. The number of nitrogens with zero attached hydrogens (tertiary/aromatic N) is 1. The molecule has 0 saturated heterocycles. The lowest BCUT2D eigenvalue weighted by molar-refractivity contribution is 0.0697. The number of hydrogen-bond donors (Lipinski definition) is 2. The summed E-state index contributed by atoms with van der Waals surface area (Å²) in [7, 11) is 2.09. The first-order valence-electron chi connectivity index (χ1n) is 6.94. The number of carboxylic acid groups (broad SMARTS) is 1. The van der Waals surface area contributed by atoms with Crippen LogP contribution in [-0.4, -0.2) is 31.2 Å². The van der Waals surface area contributed by atoms with Gasteiger partial charge in [0.25, 0.3) is 0 Å². The summed E-state index contributed by atoms with van der Waals surface area (Å²) in [5, 5.41) is 13.9. The summed E-state index contributed by atoms with van der Waals surface area (Å²) >= 11 is 1.49. The third-order valence-electron chi connectivity index (χ3n) is 3.24. The molecule has 0 bridgehead atoms. The van der Waals surface area contributed by atoms with E-state index < -0.39 is 5.97 Å². The third kappa shape index (κ3) is 4.88. The predicted octanol–water partition coefficient (Wildman–Crippen LogP) is 3.06. The lowest BCUT2D eigenvalue weighted by atomic mass is 10.3. The normalized spacial score (nSPS) is 10.5. The average Bonchev–Trinajstić information content (AvgIpc) is 2.97. The molecular formula is C16H20N2O2S. The van der Waals surface area contributed by atoms with E-state index >= 15 is 0 Å². The molecule has 0 aliphatic carbocycles. The van der Waals surface area contributed by atoms with E-state index in [1.165, 1.54) is 17.0 Å². The van der Waals surface area contributed by atoms with E-state index in [9.17, 15) is 4.79 Å². The lowest BCUT2D eigenvalue weighted by Crippen LogP contribution is -2.23. The van der Waals surface area contributed by atoms with Gasteiger partial charge in [0.1, 0.15) is 0 Å². The Balaban J connectivity index is 1.64. The highest BCUT2D eigenvalue weighted by atomic mass is 32.1. The van der Waals surface area contributed by atoms with E-state index in [2.05, 4.69) is 29.4 Å². The second kappa shape index (κ2) is 7.81. The van der Waals surface area contributed by atoms with Crippen LogP contribution in [0.5, 0.6) is 0 Å². The van der Waals surface area contributed by atoms with Gasteiger partial charge in [0.15, 0.2) is 0 Å².